The predicted molar refractivity (Wildman–Crippen MR) is 118 cm³/mol. The van der Waals surface area contributed by atoms with Crippen molar-refractivity contribution in [3.8, 4) is 5.75 Å². The van der Waals surface area contributed by atoms with Gasteiger partial charge in [-0.05, 0) is 59.5 Å². The highest BCUT2D eigenvalue weighted by Crippen LogP contribution is 2.36. The second kappa shape index (κ2) is 8.28. The first kappa shape index (κ1) is 19.5. The normalized spacial score (nSPS) is 15.2. The molecule has 144 valence electrons. The van der Waals surface area contributed by atoms with Crippen LogP contribution in [-0.2, 0) is 4.79 Å². The van der Waals surface area contributed by atoms with Crippen molar-refractivity contribution in [3.63, 3.8) is 0 Å². The fraction of sp³-hybridized carbons (Fsp3) is 0. The van der Waals surface area contributed by atoms with Gasteiger partial charge in [0.05, 0.1) is 10.6 Å². The number of carbonyl (C=O) groups excluding carboxylic acids is 2. The number of rotatable bonds is 4. The molecule has 0 N–H and O–H groups in total. The number of hydrogen-bond donors (Lipinski definition) is 0. The van der Waals surface area contributed by atoms with Crippen molar-refractivity contribution in [2.75, 3.05) is 4.90 Å². The van der Waals surface area contributed by atoms with Gasteiger partial charge in [-0.2, -0.15) is 0 Å². The minimum Gasteiger partial charge on any atom is -0.422 e. The molecule has 4 nitrogen and oxygen atoms in total. The Bertz CT molecular complexity index is 1110. The number of ether oxygens (including phenoxy) is 1. The molecule has 1 aliphatic rings. The lowest BCUT2D eigenvalue weighted by molar-refractivity contribution is -0.113. The molecule has 0 atom stereocenters. The van der Waals surface area contributed by atoms with Gasteiger partial charge < -0.3 is 4.74 Å². The molecule has 0 aliphatic carbocycles. The number of thioether (sulfide) groups is 1. The molecule has 0 bridgehead atoms. The fourth-order valence-corrected chi connectivity index (χ4v) is 4.51. The van der Waals surface area contributed by atoms with Gasteiger partial charge in [-0.3, -0.25) is 9.69 Å². The molecule has 1 saturated heterocycles. The van der Waals surface area contributed by atoms with Crippen molar-refractivity contribution >= 4 is 63.3 Å². The Hall–Kier alpha value is -2.81. The summed E-state index contributed by atoms with van der Waals surface area (Å²) >= 11 is 7.80. The van der Waals surface area contributed by atoms with Crippen LogP contribution in [0.4, 0.5) is 10.1 Å². The largest absolute Gasteiger partial charge is 0.422 e. The summed E-state index contributed by atoms with van der Waals surface area (Å²) in [5.74, 6) is -0.637. The van der Waals surface area contributed by atoms with E-state index in [-0.39, 0.29) is 11.7 Å². The van der Waals surface area contributed by atoms with Gasteiger partial charge >= 0.3 is 5.97 Å². The lowest BCUT2D eigenvalue weighted by Gasteiger charge is -2.14. The summed E-state index contributed by atoms with van der Waals surface area (Å²) in [5.41, 5.74) is 1.29. The molecule has 4 rings (SSSR count). The van der Waals surface area contributed by atoms with Gasteiger partial charge in [-0.25, -0.2) is 9.18 Å². The van der Waals surface area contributed by atoms with Crippen molar-refractivity contribution in [1.29, 1.82) is 0 Å². The Morgan fingerprint density at radius 2 is 1.79 bits per heavy atom. The third kappa shape index (κ3) is 4.29. The summed E-state index contributed by atoms with van der Waals surface area (Å²) in [6.45, 7) is 0. The van der Waals surface area contributed by atoms with E-state index in [4.69, 9.17) is 17.0 Å². The van der Waals surface area contributed by atoms with Crippen LogP contribution in [0.5, 0.6) is 5.75 Å². The highest BCUT2D eigenvalue weighted by atomic mass is 32.2. The fourth-order valence-electron chi connectivity index (χ4n) is 2.62. The molecule has 3 aromatic rings. The zero-order valence-electron chi connectivity index (χ0n) is 14.7. The maximum absolute atomic E-state index is 13.1. The highest BCUT2D eigenvalue weighted by Gasteiger charge is 2.33. The number of nitrogens with zero attached hydrogens (tertiary/aromatic N) is 1. The van der Waals surface area contributed by atoms with E-state index in [0.29, 0.717) is 25.5 Å². The van der Waals surface area contributed by atoms with Crippen LogP contribution < -0.4 is 9.64 Å². The number of carbonyl (C=O) groups is 2. The Morgan fingerprint density at radius 3 is 2.45 bits per heavy atom. The quantitative estimate of drug-likeness (QED) is 0.231. The summed E-state index contributed by atoms with van der Waals surface area (Å²) in [6.07, 6.45) is 1.72. The van der Waals surface area contributed by atoms with Crippen molar-refractivity contribution in [1.82, 2.24) is 0 Å². The Labute approximate surface area is 179 Å². The van der Waals surface area contributed by atoms with E-state index in [2.05, 4.69) is 0 Å². The average Bonchev–Trinajstić information content (AvgIpc) is 3.34. The number of thiophene rings is 1. The van der Waals surface area contributed by atoms with Crippen LogP contribution in [0.15, 0.2) is 70.9 Å². The van der Waals surface area contributed by atoms with Gasteiger partial charge in [0.1, 0.15) is 16.4 Å². The predicted octanol–water partition coefficient (Wildman–Crippen LogP) is 5.51. The van der Waals surface area contributed by atoms with Gasteiger partial charge in [0.2, 0.25) is 0 Å². The van der Waals surface area contributed by atoms with Crippen molar-refractivity contribution in [3.05, 3.63) is 87.2 Å². The minimum absolute atomic E-state index is 0.264. The van der Waals surface area contributed by atoms with Gasteiger partial charge in [-0.15, -0.1) is 11.3 Å². The second-order valence-electron chi connectivity index (χ2n) is 5.93. The van der Waals surface area contributed by atoms with E-state index < -0.39 is 5.97 Å². The van der Waals surface area contributed by atoms with Gasteiger partial charge in [-0.1, -0.05) is 42.2 Å². The number of benzene rings is 2. The highest BCUT2D eigenvalue weighted by molar-refractivity contribution is 8.27. The first-order valence-corrected chi connectivity index (χ1v) is 10.5. The molecule has 0 radical (unpaired) electrons. The third-order valence-electron chi connectivity index (χ3n) is 3.99. The van der Waals surface area contributed by atoms with Crippen molar-refractivity contribution < 1.29 is 18.7 Å². The summed E-state index contributed by atoms with van der Waals surface area (Å²) in [6, 6.07) is 15.9. The van der Waals surface area contributed by atoms with E-state index in [1.165, 1.54) is 52.3 Å². The van der Waals surface area contributed by atoms with Crippen LogP contribution in [0.3, 0.4) is 0 Å². The lowest BCUT2D eigenvalue weighted by Crippen LogP contribution is -2.27. The summed E-state index contributed by atoms with van der Waals surface area (Å²) in [5, 5.41) is 1.81. The number of amides is 1. The molecule has 2 heterocycles. The first-order valence-electron chi connectivity index (χ1n) is 8.40. The first-order chi connectivity index (χ1) is 14.0. The molecule has 1 fully saturated rings. The Kier molecular flexibility index (Phi) is 5.57. The van der Waals surface area contributed by atoms with Gasteiger partial charge in [0.25, 0.3) is 5.91 Å². The van der Waals surface area contributed by atoms with Crippen LogP contribution in [0.2, 0.25) is 0 Å². The Balaban J connectivity index is 1.49. The number of hydrogen-bond acceptors (Lipinski definition) is 6. The zero-order chi connectivity index (χ0) is 20.4. The van der Waals surface area contributed by atoms with Gasteiger partial charge in [0, 0.05) is 0 Å². The van der Waals surface area contributed by atoms with Crippen LogP contribution in [0.1, 0.15) is 15.2 Å². The minimum atomic E-state index is -0.409. The molecular weight excluding hydrogens is 429 g/mol. The molecule has 29 heavy (non-hydrogen) atoms. The van der Waals surface area contributed by atoms with Crippen LogP contribution in [0, 0.1) is 5.82 Å². The molecule has 1 aromatic heterocycles. The van der Waals surface area contributed by atoms with Gasteiger partial charge in [0.15, 0.2) is 4.32 Å². The molecule has 0 unspecified atom stereocenters. The van der Waals surface area contributed by atoms with E-state index in [1.807, 2.05) is 5.38 Å². The summed E-state index contributed by atoms with van der Waals surface area (Å²) in [4.78, 5) is 27.1. The molecular formula is C21H12FNO3S3. The number of thiocarbonyl (C=S) groups is 1. The summed E-state index contributed by atoms with van der Waals surface area (Å²) in [7, 11) is 0. The van der Waals surface area contributed by atoms with E-state index in [0.717, 1.165) is 5.56 Å². The van der Waals surface area contributed by atoms with Crippen LogP contribution >= 0.6 is 35.3 Å². The average molecular weight is 442 g/mol. The third-order valence-corrected chi connectivity index (χ3v) is 6.14. The van der Waals surface area contributed by atoms with E-state index in [1.54, 1.807) is 42.5 Å². The standard InChI is InChI=1S/C21H12FNO3S3/c22-14-5-7-15(8-6-14)23-19(24)18(29-21(23)27)12-13-3-9-16(10-4-13)26-20(25)17-2-1-11-28-17/h1-12H/b18-12-. The molecule has 1 amide bonds. The van der Waals surface area contributed by atoms with E-state index >= 15 is 0 Å². The second-order valence-corrected chi connectivity index (χ2v) is 8.55. The number of anilines is 1. The maximum atomic E-state index is 13.1. The molecule has 0 spiro atoms. The summed E-state index contributed by atoms with van der Waals surface area (Å²) < 4.78 is 18.8. The monoisotopic (exact) mass is 441 g/mol. The molecule has 2 aromatic carbocycles. The molecule has 8 heteroatoms. The van der Waals surface area contributed by atoms with Crippen molar-refractivity contribution in [2.24, 2.45) is 0 Å². The smallest absolute Gasteiger partial charge is 0.353 e. The number of esters is 1. The lowest BCUT2D eigenvalue weighted by atomic mass is 10.2. The topological polar surface area (TPSA) is 46.6 Å². The zero-order valence-corrected chi connectivity index (χ0v) is 17.2. The van der Waals surface area contributed by atoms with Crippen LogP contribution in [-0.4, -0.2) is 16.2 Å². The SMILES string of the molecule is O=C(Oc1ccc(/C=C2\SC(=S)N(c3ccc(F)cc3)C2=O)cc1)c1cccs1. The Morgan fingerprint density at radius 1 is 1.07 bits per heavy atom. The van der Waals surface area contributed by atoms with E-state index in [9.17, 15) is 14.0 Å². The molecule has 1 aliphatic heterocycles. The van der Waals surface area contributed by atoms with Crippen molar-refractivity contribution in [2.45, 2.75) is 0 Å². The van der Waals surface area contributed by atoms with Crippen LogP contribution in [0.25, 0.3) is 6.08 Å². The maximum Gasteiger partial charge on any atom is 0.353 e. The molecule has 0 saturated carbocycles. The number of halogens is 1.